The minimum absolute atomic E-state index is 0.0134. The van der Waals surface area contributed by atoms with E-state index in [1.54, 1.807) is 24.4 Å². The van der Waals surface area contributed by atoms with E-state index in [0.717, 1.165) is 37.2 Å². The van der Waals surface area contributed by atoms with Crippen LogP contribution in [0.2, 0.25) is 0 Å². The molecule has 0 bridgehead atoms. The Balaban J connectivity index is 0.000000212. The third kappa shape index (κ3) is 5.30. The zero-order chi connectivity index (χ0) is 26.3. The molecule has 198 valence electrons. The fraction of sp³-hybridized carbons (Fsp3) is 0.478. The molecule has 6 rings (SSSR count). The molecule has 0 saturated carbocycles. The average Bonchev–Trinajstić information content (AvgIpc) is 3.33. The SMILES string of the molecule is Cc1nc2ccc(-c3ccn4nc(N)nc(N)c34)nc2n1CC(F)(F)F.F[C@@H]1CCCN(C2COC2)C1. The van der Waals surface area contributed by atoms with E-state index in [0.29, 0.717) is 34.9 Å². The molecule has 2 fully saturated rings. The first kappa shape index (κ1) is 25.1. The highest BCUT2D eigenvalue weighted by molar-refractivity contribution is 5.88. The lowest BCUT2D eigenvalue weighted by Gasteiger charge is -2.40. The molecule has 0 amide bonds. The predicted molar refractivity (Wildman–Crippen MR) is 129 cm³/mol. The summed E-state index contributed by atoms with van der Waals surface area (Å²) >= 11 is 0. The van der Waals surface area contributed by atoms with Crippen LogP contribution < -0.4 is 11.5 Å². The van der Waals surface area contributed by atoms with Crippen LogP contribution in [0.4, 0.5) is 29.3 Å². The molecule has 4 N–H and O–H groups in total. The lowest BCUT2D eigenvalue weighted by molar-refractivity contribution is -0.140. The molecule has 2 aliphatic rings. The lowest BCUT2D eigenvalue weighted by atomic mass is 10.1. The summed E-state index contributed by atoms with van der Waals surface area (Å²) in [5, 5.41) is 4.02. The molecule has 14 heteroatoms. The topological polar surface area (TPSA) is 125 Å². The Hall–Kier alpha value is -3.52. The number of anilines is 2. The molecule has 2 aliphatic heterocycles. The number of likely N-dealkylation sites (tertiary alicyclic amines) is 1. The van der Waals surface area contributed by atoms with Crippen molar-refractivity contribution in [3.05, 3.63) is 30.2 Å². The normalized spacial score (nSPS) is 19.1. The summed E-state index contributed by atoms with van der Waals surface area (Å²) in [5.74, 6) is 0.401. The van der Waals surface area contributed by atoms with Gasteiger partial charge in [0.15, 0.2) is 11.5 Å². The number of fused-ring (bicyclic) bond motifs is 2. The number of halogens is 4. The Morgan fingerprint density at radius 1 is 1.11 bits per heavy atom. The fourth-order valence-electron chi connectivity index (χ4n) is 4.63. The summed E-state index contributed by atoms with van der Waals surface area (Å²) in [6.45, 7) is 3.67. The van der Waals surface area contributed by atoms with Crippen LogP contribution in [0.1, 0.15) is 18.7 Å². The van der Waals surface area contributed by atoms with Gasteiger partial charge < -0.3 is 20.8 Å². The molecule has 10 nitrogen and oxygen atoms in total. The number of hydrogen-bond donors (Lipinski definition) is 2. The van der Waals surface area contributed by atoms with Gasteiger partial charge in [-0.1, -0.05) is 0 Å². The van der Waals surface area contributed by atoms with Crippen molar-refractivity contribution in [3.8, 4) is 11.3 Å². The number of alkyl halides is 4. The highest BCUT2D eigenvalue weighted by atomic mass is 19.4. The van der Waals surface area contributed by atoms with Crippen LogP contribution in [0.5, 0.6) is 0 Å². The van der Waals surface area contributed by atoms with Crippen molar-refractivity contribution in [3.63, 3.8) is 0 Å². The molecule has 37 heavy (non-hydrogen) atoms. The van der Waals surface area contributed by atoms with Crippen LogP contribution >= 0.6 is 0 Å². The number of aromatic nitrogens is 6. The zero-order valence-electron chi connectivity index (χ0n) is 20.1. The molecule has 0 unspecified atom stereocenters. The van der Waals surface area contributed by atoms with E-state index in [2.05, 4.69) is 25.0 Å². The van der Waals surface area contributed by atoms with Gasteiger partial charge in [-0.15, -0.1) is 5.10 Å². The standard InChI is InChI=1S/C15H13F3N8.C8H14FNO/c1-7-21-10-3-2-9(22-13(10)25(7)6-15(16,17)18)8-4-5-26-11(8)12(19)23-14(20)24-26;9-7-2-1-3-10(4-7)8-5-11-6-8/h2-5H,6H2,1H3,(H4,19,20,23,24);7-8H,1-6H2/t;7-/m.1/s1. The van der Waals surface area contributed by atoms with Crippen molar-refractivity contribution < 1.29 is 22.3 Å². The third-order valence-electron chi connectivity index (χ3n) is 6.48. The summed E-state index contributed by atoms with van der Waals surface area (Å²) < 4.78 is 59.0. The molecule has 2 saturated heterocycles. The van der Waals surface area contributed by atoms with Crippen LogP contribution in [0, 0.1) is 6.92 Å². The van der Waals surface area contributed by atoms with Gasteiger partial charge >= 0.3 is 6.18 Å². The molecule has 4 aromatic heterocycles. The first-order valence-corrected chi connectivity index (χ1v) is 11.9. The van der Waals surface area contributed by atoms with Gasteiger partial charge in [0.25, 0.3) is 0 Å². The Labute approximate surface area is 209 Å². The maximum Gasteiger partial charge on any atom is 0.406 e. The third-order valence-corrected chi connectivity index (χ3v) is 6.48. The van der Waals surface area contributed by atoms with Crippen LogP contribution in [0.25, 0.3) is 27.9 Å². The van der Waals surface area contributed by atoms with Gasteiger partial charge in [-0.25, -0.2) is 18.9 Å². The number of nitrogens with two attached hydrogens (primary N) is 2. The summed E-state index contributed by atoms with van der Waals surface area (Å²) in [6.07, 6.45) is -1.58. The van der Waals surface area contributed by atoms with Crippen LogP contribution in [-0.2, 0) is 11.3 Å². The summed E-state index contributed by atoms with van der Waals surface area (Å²) in [4.78, 5) is 14.7. The van der Waals surface area contributed by atoms with Crippen molar-refractivity contribution in [1.82, 2.24) is 34.0 Å². The average molecular weight is 522 g/mol. The minimum atomic E-state index is -4.38. The minimum Gasteiger partial charge on any atom is -0.382 e. The Morgan fingerprint density at radius 3 is 2.57 bits per heavy atom. The van der Waals surface area contributed by atoms with E-state index in [9.17, 15) is 17.6 Å². The number of piperidine rings is 1. The predicted octanol–water partition coefficient (Wildman–Crippen LogP) is 3.00. The van der Waals surface area contributed by atoms with Crippen molar-refractivity contribution in [1.29, 1.82) is 0 Å². The fourth-order valence-corrected chi connectivity index (χ4v) is 4.63. The second-order valence-electron chi connectivity index (χ2n) is 9.20. The number of hydrogen-bond acceptors (Lipinski definition) is 8. The van der Waals surface area contributed by atoms with Gasteiger partial charge in [0.1, 0.15) is 29.6 Å². The van der Waals surface area contributed by atoms with E-state index in [1.165, 1.54) is 11.4 Å². The second-order valence-corrected chi connectivity index (χ2v) is 9.20. The number of imidazole rings is 1. The molecule has 6 heterocycles. The zero-order valence-corrected chi connectivity index (χ0v) is 20.1. The molecule has 1 atom stereocenters. The summed E-state index contributed by atoms with van der Waals surface area (Å²) in [5.41, 5.74) is 13.5. The Morgan fingerprint density at radius 2 is 1.89 bits per heavy atom. The van der Waals surface area contributed by atoms with Gasteiger partial charge in [0, 0.05) is 18.3 Å². The van der Waals surface area contributed by atoms with Gasteiger partial charge in [0.05, 0.1) is 24.9 Å². The Bertz CT molecular complexity index is 1410. The number of nitrogen functional groups attached to an aromatic ring is 2. The number of rotatable bonds is 3. The van der Waals surface area contributed by atoms with Gasteiger partial charge in [0.2, 0.25) is 5.95 Å². The first-order valence-electron chi connectivity index (χ1n) is 11.9. The van der Waals surface area contributed by atoms with Crippen LogP contribution in [0.3, 0.4) is 0 Å². The number of nitrogens with zero attached hydrogens (tertiary/aromatic N) is 7. The van der Waals surface area contributed by atoms with Crippen molar-refractivity contribution in [2.24, 2.45) is 0 Å². The van der Waals surface area contributed by atoms with Gasteiger partial charge in [-0.3, -0.25) is 4.90 Å². The molecule has 0 spiro atoms. The van der Waals surface area contributed by atoms with Gasteiger partial charge in [-0.2, -0.15) is 18.2 Å². The molecular weight excluding hydrogens is 494 g/mol. The Kier molecular flexibility index (Phi) is 6.62. The molecule has 0 aliphatic carbocycles. The molecule has 0 aromatic carbocycles. The first-order chi connectivity index (χ1) is 17.6. The quantitative estimate of drug-likeness (QED) is 0.394. The van der Waals surface area contributed by atoms with Crippen LogP contribution in [0.15, 0.2) is 24.4 Å². The maximum absolute atomic E-state index is 12.9. The van der Waals surface area contributed by atoms with E-state index in [4.69, 9.17) is 16.2 Å². The highest BCUT2D eigenvalue weighted by Crippen LogP contribution is 2.30. The van der Waals surface area contributed by atoms with Crippen molar-refractivity contribution >= 4 is 28.4 Å². The number of ether oxygens (including phenoxy) is 1. The van der Waals surface area contributed by atoms with E-state index < -0.39 is 18.9 Å². The smallest absolute Gasteiger partial charge is 0.382 e. The van der Waals surface area contributed by atoms with E-state index in [-0.39, 0.29) is 23.2 Å². The number of aryl methyl sites for hydroxylation is 1. The van der Waals surface area contributed by atoms with Crippen molar-refractivity contribution in [2.45, 2.75) is 44.7 Å². The van der Waals surface area contributed by atoms with Crippen LogP contribution in [-0.4, -0.2) is 78.7 Å². The molecule has 4 aromatic rings. The summed E-state index contributed by atoms with van der Waals surface area (Å²) in [6, 6.07) is 5.51. The number of pyridine rings is 1. The lowest BCUT2D eigenvalue weighted by Crippen LogP contribution is -2.52. The van der Waals surface area contributed by atoms with Gasteiger partial charge in [-0.05, 0) is 44.5 Å². The monoisotopic (exact) mass is 521 g/mol. The van der Waals surface area contributed by atoms with Crippen molar-refractivity contribution in [2.75, 3.05) is 37.8 Å². The second kappa shape index (κ2) is 9.74. The summed E-state index contributed by atoms with van der Waals surface area (Å²) in [7, 11) is 0. The maximum atomic E-state index is 12.9. The molecular formula is C23H27F4N9O. The largest absolute Gasteiger partial charge is 0.406 e. The molecule has 0 radical (unpaired) electrons. The highest BCUT2D eigenvalue weighted by Gasteiger charge is 2.31. The van der Waals surface area contributed by atoms with E-state index >= 15 is 0 Å². The van der Waals surface area contributed by atoms with E-state index in [1.807, 2.05) is 0 Å².